The molecule has 4 rings (SSSR count). The standard InChI is InChI=1S/C22H19FN2O3/c1-22(17-7-5-16-12-19(28-2)10-6-15(16)11-17)20(26)25(21(27)24-22)13-14-3-8-18(23)9-4-14/h3-12H,13H2,1-2H3,(H,24,27). The lowest BCUT2D eigenvalue weighted by molar-refractivity contribution is -0.131. The number of ether oxygens (including phenoxy) is 1. The van der Waals surface area contributed by atoms with E-state index < -0.39 is 11.6 Å². The van der Waals surface area contributed by atoms with E-state index in [0.29, 0.717) is 11.1 Å². The van der Waals surface area contributed by atoms with Crippen molar-refractivity contribution in [1.82, 2.24) is 10.2 Å². The third kappa shape index (κ3) is 2.97. The molecule has 0 saturated carbocycles. The highest BCUT2D eigenvalue weighted by Gasteiger charge is 2.48. The summed E-state index contributed by atoms with van der Waals surface area (Å²) in [5.74, 6) is 0.0513. The molecule has 5 nitrogen and oxygen atoms in total. The Kier molecular flexibility index (Phi) is 4.26. The van der Waals surface area contributed by atoms with Gasteiger partial charge in [0.2, 0.25) is 0 Å². The summed E-state index contributed by atoms with van der Waals surface area (Å²) in [6.45, 7) is 1.79. The fraction of sp³-hybridized carbons (Fsp3) is 0.182. The number of nitrogens with one attached hydrogen (secondary N) is 1. The minimum absolute atomic E-state index is 0.0886. The van der Waals surface area contributed by atoms with Gasteiger partial charge >= 0.3 is 6.03 Å². The number of methoxy groups -OCH3 is 1. The Morgan fingerprint density at radius 1 is 1.00 bits per heavy atom. The maximum absolute atomic E-state index is 13.1. The summed E-state index contributed by atoms with van der Waals surface area (Å²) in [6, 6.07) is 16.6. The number of carbonyl (C=O) groups is 2. The first kappa shape index (κ1) is 18.0. The summed E-state index contributed by atoms with van der Waals surface area (Å²) >= 11 is 0. The number of rotatable bonds is 4. The molecule has 0 spiro atoms. The molecule has 1 atom stereocenters. The van der Waals surface area contributed by atoms with Gasteiger partial charge in [-0.05, 0) is 59.2 Å². The van der Waals surface area contributed by atoms with Crippen molar-refractivity contribution >= 4 is 22.7 Å². The molecule has 1 aliphatic heterocycles. The van der Waals surface area contributed by atoms with E-state index in [2.05, 4.69) is 5.32 Å². The lowest BCUT2D eigenvalue weighted by atomic mass is 9.90. The number of halogens is 1. The Morgan fingerprint density at radius 2 is 1.68 bits per heavy atom. The number of carbonyl (C=O) groups excluding carboxylic acids is 2. The van der Waals surface area contributed by atoms with Crippen LogP contribution in [0.15, 0.2) is 60.7 Å². The van der Waals surface area contributed by atoms with E-state index in [1.807, 2.05) is 36.4 Å². The average Bonchev–Trinajstić information content (AvgIpc) is 2.92. The van der Waals surface area contributed by atoms with Gasteiger partial charge in [-0.25, -0.2) is 9.18 Å². The molecule has 1 saturated heterocycles. The third-order valence-electron chi connectivity index (χ3n) is 5.15. The Morgan fingerprint density at radius 3 is 2.39 bits per heavy atom. The van der Waals surface area contributed by atoms with E-state index in [1.54, 1.807) is 26.2 Å². The second-order valence-corrected chi connectivity index (χ2v) is 7.00. The average molecular weight is 378 g/mol. The molecule has 3 amide bonds. The molecule has 1 N–H and O–H groups in total. The molecule has 0 radical (unpaired) electrons. The number of nitrogens with zero attached hydrogens (tertiary/aromatic N) is 1. The van der Waals surface area contributed by atoms with Gasteiger partial charge in [0, 0.05) is 0 Å². The Bertz CT molecular complexity index is 1080. The first-order valence-electron chi connectivity index (χ1n) is 8.87. The van der Waals surface area contributed by atoms with Crippen molar-refractivity contribution < 1.29 is 18.7 Å². The molecule has 1 aliphatic rings. The van der Waals surface area contributed by atoms with E-state index in [4.69, 9.17) is 4.74 Å². The normalized spacial score (nSPS) is 19.2. The van der Waals surface area contributed by atoms with Crippen molar-refractivity contribution in [2.24, 2.45) is 0 Å². The lowest BCUT2D eigenvalue weighted by Gasteiger charge is -2.23. The van der Waals surface area contributed by atoms with Crippen LogP contribution in [0.1, 0.15) is 18.1 Å². The molecule has 6 heteroatoms. The zero-order chi connectivity index (χ0) is 19.9. The topological polar surface area (TPSA) is 58.6 Å². The molecular formula is C22H19FN2O3. The van der Waals surface area contributed by atoms with Crippen molar-refractivity contribution in [3.63, 3.8) is 0 Å². The first-order chi connectivity index (χ1) is 13.4. The molecule has 0 bridgehead atoms. The number of urea groups is 1. The molecule has 0 aromatic heterocycles. The highest BCUT2D eigenvalue weighted by atomic mass is 19.1. The van der Waals surface area contributed by atoms with Crippen molar-refractivity contribution in [3.05, 3.63) is 77.6 Å². The van der Waals surface area contributed by atoms with Crippen LogP contribution in [0.25, 0.3) is 10.8 Å². The van der Waals surface area contributed by atoms with Crippen molar-refractivity contribution in [3.8, 4) is 5.75 Å². The summed E-state index contributed by atoms with van der Waals surface area (Å²) in [7, 11) is 1.61. The highest BCUT2D eigenvalue weighted by molar-refractivity contribution is 6.07. The minimum atomic E-state index is -1.16. The fourth-order valence-electron chi connectivity index (χ4n) is 3.47. The fourth-order valence-corrected chi connectivity index (χ4v) is 3.47. The van der Waals surface area contributed by atoms with Crippen LogP contribution in [0.5, 0.6) is 5.75 Å². The maximum Gasteiger partial charge on any atom is 0.325 e. The SMILES string of the molecule is COc1ccc2cc(C3(C)NC(=O)N(Cc4ccc(F)cc4)C3=O)ccc2c1. The molecule has 28 heavy (non-hydrogen) atoms. The quantitative estimate of drug-likeness (QED) is 0.700. The molecule has 142 valence electrons. The molecule has 1 unspecified atom stereocenters. The van der Waals surface area contributed by atoms with E-state index in [1.165, 1.54) is 12.1 Å². The largest absolute Gasteiger partial charge is 0.497 e. The van der Waals surface area contributed by atoms with Crippen LogP contribution in [0.3, 0.4) is 0 Å². The predicted octanol–water partition coefficient (Wildman–Crippen LogP) is 3.95. The van der Waals surface area contributed by atoms with E-state index in [-0.39, 0.29) is 18.3 Å². The number of fused-ring (bicyclic) bond motifs is 1. The third-order valence-corrected chi connectivity index (χ3v) is 5.15. The lowest BCUT2D eigenvalue weighted by Crippen LogP contribution is -2.40. The Labute approximate surface area is 161 Å². The number of imide groups is 1. The van der Waals surface area contributed by atoms with Gasteiger partial charge in [-0.15, -0.1) is 0 Å². The molecule has 3 aromatic carbocycles. The first-order valence-corrected chi connectivity index (χ1v) is 8.87. The van der Waals surface area contributed by atoms with Crippen LogP contribution in [0, 0.1) is 5.82 Å². The van der Waals surface area contributed by atoms with Crippen LogP contribution >= 0.6 is 0 Å². The van der Waals surface area contributed by atoms with Gasteiger partial charge in [-0.1, -0.05) is 30.3 Å². The summed E-state index contributed by atoms with van der Waals surface area (Å²) in [5, 5.41) is 4.73. The van der Waals surface area contributed by atoms with Gasteiger partial charge in [0.1, 0.15) is 17.1 Å². The molecule has 1 heterocycles. The zero-order valence-electron chi connectivity index (χ0n) is 15.5. The second-order valence-electron chi connectivity index (χ2n) is 7.00. The maximum atomic E-state index is 13.1. The number of amides is 3. The van der Waals surface area contributed by atoms with Gasteiger partial charge in [0.15, 0.2) is 0 Å². The van der Waals surface area contributed by atoms with Crippen LogP contribution in [-0.2, 0) is 16.9 Å². The predicted molar refractivity (Wildman–Crippen MR) is 103 cm³/mol. The van der Waals surface area contributed by atoms with Crippen LogP contribution in [-0.4, -0.2) is 23.9 Å². The molecule has 0 aliphatic carbocycles. The summed E-state index contributed by atoms with van der Waals surface area (Å²) in [5.41, 5.74) is 0.218. The summed E-state index contributed by atoms with van der Waals surface area (Å²) < 4.78 is 18.3. The van der Waals surface area contributed by atoms with Crippen molar-refractivity contribution in [2.45, 2.75) is 19.0 Å². The number of benzene rings is 3. The molecule has 3 aromatic rings. The summed E-state index contributed by atoms with van der Waals surface area (Å²) in [6.07, 6.45) is 0. The van der Waals surface area contributed by atoms with Crippen molar-refractivity contribution in [2.75, 3.05) is 7.11 Å². The Balaban J connectivity index is 1.65. The van der Waals surface area contributed by atoms with Crippen LogP contribution in [0.4, 0.5) is 9.18 Å². The van der Waals surface area contributed by atoms with E-state index in [0.717, 1.165) is 21.4 Å². The van der Waals surface area contributed by atoms with Gasteiger partial charge in [0.25, 0.3) is 5.91 Å². The number of hydrogen-bond acceptors (Lipinski definition) is 3. The van der Waals surface area contributed by atoms with E-state index in [9.17, 15) is 14.0 Å². The van der Waals surface area contributed by atoms with Gasteiger partial charge < -0.3 is 10.1 Å². The second kappa shape index (κ2) is 6.64. The van der Waals surface area contributed by atoms with Crippen LogP contribution < -0.4 is 10.1 Å². The van der Waals surface area contributed by atoms with Gasteiger partial charge in [-0.2, -0.15) is 0 Å². The number of hydrogen-bond donors (Lipinski definition) is 1. The monoisotopic (exact) mass is 378 g/mol. The Hall–Kier alpha value is -3.41. The zero-order valence-corrected chi connectivity index (χ0v) is 15.5. The minimum Gasteiger partial charge on any atom is -0.497 e. The highest BCUT2D eigenvalue weighted by Crippen LogP contribution is 2.32. The molecular weight excluding hydrogens is 359 g/mol. The smallest absolute Gasteiger partial charge is 0.325 e. The van der Waals surface area contributed by atoms with Crippen LogP contribution in [0.2, 0.25) is 0 Å². The van der Waals surface area contributed by atoms with E-state index >= 15 is 0 Å². The molecule has 1 fully saturated rings. The summed E-state index contributed by atoms with van der Waals surface area (Å²) in [4.78, 5) is 26.7. The van der Waals surface area contributed by atoms with Gasteiger partial charge in [0.05, 0.1) is 13.7 Å². The van der Waals surface area contributed by atoms with Crippen molar-refractivity contribution in [1.29, 1.82) is 0 Å². The van der Waals surface area contributed by atoms with Gasteiger partial charge in [-0.3, -0.25) is 9.69 Å².